The standard InChI is InChI=1S/C15H16BrNO3S/c16-12-1-3-13(4-2-12)21(18,19)15(11-17)9-14(10-15)5-7-20-8-6-14/h1-4H,5-10H2. The summed E-state index contributed by atoms with van der Waals surface area (Å²) < 4.78 is 30.6. The van der Waals surface area contributed by atoms with Crippen LogP contribution in [0.4, 0.5) is 0 Å². The summed E-state index contributed by atoms with van der Waals surface area (Å²) in [7, 11) is -3.63. The molecule has 0 amide bonds. The van der Waals surface area contributed by atoms with Gasteiger partial charge < -0.3 is 4.74 Å². The summed E-state index contributed by atoms with van der Waals surface area (Å²) in [6.45, 7) is 1.33. The number of halogens is 1. The molecule has 2 aliphatic rings. The van der Waals surface area contributed by atoms with E-state index >= 15 is 0 Å². The van der Waals surface area contributed by atoms with Gasteiger partial charge in [-0.3, -0.25) is 0 Å². The molecule has 3 rings (SSSR count). The van der Waals surface area contributed by atoms with Gasteiger partial charge in [0.15, 0.2) is 14.6 Å². The average Bonchev–Trinajstić information content (AvgIpc) is 2.45. The van der Waals surface area contributed by atoms with E-state index in [0.29, 0.717) is 26.1 Å². The van der Waals surface area contributed by atoms with Crippen molar-refractivity contribution in [1.29, 1.82) is 5.26 Å². The highest BCUT2D eigenvalue weighted by molar-refractivity contribution is 9.10. The molecule has 1 saturated heterocycles. The molecular weight excluding hydrogens is 354 g/mol. The lowest BCUT2D eigenvalue weighted by Crippen LogP contribution is -2.57. The largest absolute Gasteiger partial charge is 0.381 e. The lowest BCUT2D eigenvalue weighted by atomic mass is 9.58. The lowest BCUT2D eigenvalue weighted by molar-refractivity contribution is -0.0382. The molecule has 21 heavy (non-hydrogen) atoms. The molecule has 0 radical (unpaired) electrons. The van der Waals surface area contributed by atoms with E-state index < -0.39 is 14.6 Å². The third-order valence-electron chi connectivity index (χ3n) is 4.72. The number of nitriles is 1. The predicted molar refractivity (Wildman–Crippen MR) is 81.4 cm³/mol. The molecule has 1 aromatic carbocycles. The second kappa shape index (κ2) is 5.08. The number of benzene rings is 1. The smallest absolute Gasteiger partial charge is 0.197 e. The second-order valence-electron chi connectivity index (χ2n) is 6.03. The molecule has 1 heterocycles. The molecule has 2 fully saturated rings. The maximum atomic E-state index is 12.8. The summed E-state index contributed by atoms with van der Waals surface area (Å²) in [5.74, 6) is 0. The molecule has 0 bridgehead atoms. The van der Waals surface area contributed by atoms with Gasteiger partial charge in [0, 0.05) is 17.7 Å². The molecular formula is C15H16BrNO3S. The van der Waals surface area contributed by atoms with Crippen LogP contribution in [0.3, 0.4) is 0 Å². The molecule has 1 saturated carbocycles. The van der Waals surface area contributed by atoms with Crippen LogP contribution in [-0.2, 0) is 14.6 Å². The van der Waals surface area contributed by atoms with Crippen LogP contribution in [-0.4, -0.2) is 26.4 Å². The molecule has 112 valence electrons. The summed E-state index contributed by atoms with van der Waals surface area (Å²) in [4.78, 5) is 0.231. The van der Waals surface area contributed by atoms with Gasteiger partial charge in [0.05, 0.1) is 11.0 Å². The fraction of sp³-hybridized carbons (Fsp3) is 0.533. The van der Waals surface area contributed by atoms with Crippen molar-refractivity contribution in [3.8, 4) is 6.07 Å². The summed E-state index contributed by atoms with van der Waals surface area (Å²) >= 11 is 3.29. The van der Waals surface area contributed by atoms with Gasteiger partial charge >= 0.3 is 0 Å². The minimum Gasteiger partial charge on any atom is -0.381 e. The Bertz CT molecular complexity index is 677. The van der Waals surface area contributed by atoms with Gasteiger partial charge in [0.25, 0.3) is 0 Å². The van der Waals surface area contributed by atoms with Gasteiger partial charge in [-0.25, -0.2) is 8.42 Å². The zero-order valence-corrected chi connectivity index (χ0v) is 13.9. The first-order chi connectivity index (χ1) is 9.93. The second-order valence-corrected chi connectivity index (χ2v) is 9.20. The Morgan fingerprint density at radius 1 is 1.14 bits per heavy atom. The first-order valence-electron chi connectivity index (χ1n) is 6.92. The Hall–Kier alpha value is -0.900. The van der Waals surface area contributed by atoms with Crippen LogP contribution < -0.4 is 0 Å². The molecule has 0 atom stereocenters. The Kier molecular flexibility index (Phi) is 3.63. The first kappa shape index (κ1) is 15.0. The highest BCUT2D eigenvalue weighted by Gasteiger charge is 2.62. The Morgan fingerprint density at radius 3 is 2.24 bits per heavy atom. The van der Waals surface area contributed by atoms with E-state index in [1.165, 1.54) is 0 Å². The van der Waals surface area contributed by atoms with Crippen molar-refractivity contribution in [1.82, 2.24) is 0 Å². The van der Waals surface area contributed by atoms with E-state index in [2.05, 4.69) is 22.0 Å². The summed E-state index contributed by atoms with van der Waals surface area (Å²) in [5.41, 5.74) is -0.0174. The SMILES string of the molecule is N#CC1(S(=O)(=O)c2ccc(Br)cc2)CC2(CCOCC2)C1. The normalized spacial score (nSPS) is 23.2. The van der Waals surface area contributed by atoms with Crippen molar-refractivity contribution in [3.05, 3.63) is 28.7 Å². The Balaban J connectivity index is 1.91. The van der Waals surface area contributed by atoms with Crippen molar-refractivity contribution in [2.75, 3.05) is 13.2 Å². The number of nitrogens with zero attached hydrogens (tertiary/aromatic N) is 1. The van der Waals surface area contributed by atoms with Crippen molar-refractivity contribution in [2.45, 2.75) is 35.3 Å². The Labute approximate surface area is 133 Å². The van der Waals surface area contributed by atoms with Crippen LogP contribution in [0.5, 0.6) is 0 Å². The fourth-order valence-corrected chi connectivity index (χ4v) is 5.81. The number of hydrogen-bond donors (Lipinski definition) is 0. The van der Waals surface area contributed by atoms with Gasteiger partial charge in [-0.15, -0.1) is 0 Å². The van der Waals surface area contributed by atoms with Gasteiger partial charge in [-0.05, 0) is 55.4 Å². The van der Waals surface area contributed by atoms with E-state index in [-0.39, 0.29) is 10.3 Å². The molecule has 1 spiro atoms. The zero-order chi connectivity index (χ0) is 15.1. The van der Waals surface area contributed by atoms with Crippen molar-refractivity contribution in [3.63, 3.8) is 0 Å². The highest BCUT2D eigenvalue weighted by atomic mass is 79.9. The molecule has 0 unspecified atom stereocenters. The van der Waals surface area contributed by atoms with Crippen molar-refractivity contribution in [2.24, 2.45) is 5.41 Å². The molecule has 4 nitrogen and oxygen atoms in total. The minimum absolute atomic E-state index is 0.0174. The van der Waals surface area contributed by atoms with Gasteiger partial charge in [-0.1, -0.05) is 15.9 Å². The quantitative estimate of drug-likeness (QED) is 0.803. The average molecular weight is 370 g/mol. The number of hydrogen-bond acceptors (Lipinski definition) is 4. The summed E-state index contributed by atoms with van der Waals surface area (Å²) in [6, 6.07) is 8.62. The van der Waals surface area contributed by atoms with E-state index in [1.807, 2.05) is 0 Å². The Morgan fingerprint density at radius 2 is 1.71 bits per heavy atom. The van der Waals surface area contributed by atoms with E-state index in [1.54, 1.807) is 24.3 Å². The maximum Gasteiger partial charge on any atom is 0.197 e. The lowest BCUT2D eigenvalue weighted by Gasteiger charge is -2.53. The summed E-state index contributed by atoms with van der Waals surface area (Å²) in [5, 5.41) is 9.53. The van der Waals surface area contributed by atoms with Gasteiger partial charge in [0.1, 0.15) is 0 Å². The molecule has 0 N–H and O–H groups in total. The van der Waals surface area contributed by atoms with E-state index in [0.717, 1.165) is 17.3 Å². The molecule has 1 aliphatic carbocycles. The van der Waals surface area contributed by atoms with Crippen LogP contribution in [0.15, 0.2) is 33.6 Å². The van der Waals surface area contributed by atoms with Crippen LogP contribution in [0, 0.1) is 16.7 Å². The first-order valence-corrected chi connectivity index (χ1v) is 9.20. The molecule has 1 aliphatic heterocycles. The molecule has 0 aromatic heterocycles. The van der Waals surface area contributed by atoms with Crippen LogP contribution >= 0.6 is 15.9 Å². The summed E-state index contributed by atoms with van der Waals surface area (Å²) in [6.07, 6.45) is 2.56. The molecule has 6 heteroatoms. The van der Waals surface area contributed by atoms with Crippen LogP contribution in [0.1, 0.15) is 25.7 Å². The predicted octanol–water partition coefficient (Wildman–Crippen LogP) is 3.08. The van der Waals surface area contributed by atoms with Gasteiger partial charge in [0.2, 0.25) is 0 Å². The third kappa shape index (κ3) is 2.32. The van der Waals surface area contributed by atoms with E-state index in [9.17, 15) is 13.7 Å². The van der Waals surface area contributed by atoms with Crippen molar-refractivity contribution >= 4 is 25.8 Å². The highest BCUT2D eigenvalue weighted by Crippen LogP contribution is 2.58. The monoisotopic (exact) mass is 369 g/mol. The maximum absolute atomic E-state index is 12.8. The van der Waals surface area contributed by atoms with Crippen LogP contribution in [0.2, 0.25) is 0 Å². The molecule has 1 aromatic rings. The number of ether oxygens (including phenoxy) is 1. The third-order valence-corrected chi connectivity index (χ3v) is 7.55. The van der Waals surface area contributed by atoms with E-state index in [4.69, 9.17) is 4.74 Å². The van der Waals surface area contributed by atoms with Gasteiger partial charge in [-0.2, -0.15) is 5.26 Å². The minimum atomic E-state index is -3.63. The van der Waals surface area contributed by atoms with Crippen molar-refractivity contribution < 1.29 is 13.2 Å². The number of rotatable bonds is 2. The number of sulfone groups is 1. The zero-order valence-electron chi connectivity index (χ0n) is 11.5. The van der Waals surface area contributed by atoms with Crippen LogP contribution in [0.25, 0.3) is 0 Å². The fourth-order valence-electron chi connectivity index (χ4n) is 3.49. The topological polar surface area (TPSA) is 67.2 Å².